The van der Waals surface area contributed by atoms with Crippen molar-refractivity contribution >= 4 is 11.6 Å². The molecular formula is C25H20F4O2. The van der Waals surface area contributed by atoms with Gasteiger partial charge in [-0.3, -0.25) is 9.59 Å². The summed E-state index contributed by atoms with van der Waals surface area (Å²) in [6, 6.07) is 16.1. The fraction of sp³-hybridized carbons (Fsp3) is 0.200. The molecule has 3 aromatic rings. The Balaban J connectivity index is 1.82. The van der Waals surface area contributed by atoms with Gasteiger partial charge in [-0.2, -0.15) is 13.2 Å². The Hall–Kier alpha value is -3.28. The van der Waals surface area contributed by atoms with E-state index in [0.29, 0.717) is 0 Å². The minimum absolute atomic E-state index is 0.0260. The highest BCUT2D eigenvalue weighted by molar-refractivity contribution is 5.99. The first-order valence-electron chi connectivity index (χ1n) is 9.67. The Morgan fingerprint density at radius 3 is 2.13 bits per heavy atom. The highest BCUT2D eigenvalue weighted by Crippen LogP contribution is 2.33. The van der Waals surface area contributed by atoms with Crippen LogP contribution in [0.1, 0.15) is 38.2 Å². The largest absolute Gasteiger partial charge is 0.417 e. The van der Waals surface area contributed by atoms with Gasteiger partial charge in [0, 0.05) is 24.8 Å². The lowest BCUT2D eigenvalue weighted by Crippen LogP contribution is -2.16. The van der Waals surface area contributed by atoms with Crippen LogP contribution in [0.25, 0.3) is 0 Å². The van der Waals surface area contributed by atoms with Crippen LogP contribution in [0.3, 0.4) is 0 Å². The van der Waals surface area contributed by atoms with Gasteiger partial charge in [0.2, 0.25) is 0 Å². The van der Waals surface area contributed by atoms with Gasteiger partial charge in [0.25, 0.3) is 0 Å². The minimum atomic E-state index is -4.78. The molecule has 0 radical (unpaired) electrons. The molecule has 0 heterocycles. The minimum Gasteiger partial charge on any atom is -0.299 e. The highest BCUT2D eigenvalue weighted by Gasteiger charge is 2.35. The number of halogens is 4. The Morgan fingerprint density at radius 1 is 0.806 bits per heavy atom. The van der Waals surface area contributed by atoms with Gasteiger partial charge in [-0.05, 0) is 35.7 Å². The number of hydrogen-bond donors (Lipinski definition) is 0. The molecule has 0 saturated heterocycles. The quantitative estimate of drug-likeness (QED) is 0.345. The van der Waals surface area contributed by atoms with Crippen molar-refractivity contribution in [1.82, 2.24) is 0 Å². The second-order valence-corrected chi connectivity index (χ2v) is 7.45. The van der Waals surface area contributed by atoms with E-state index >= 15 is 0 Å². The topological polar surface area (TPSA) is 34.1 Å². The number of hydrogen-bond acceptors (Lipinski definition) is 2. The molecule has 31 heavy (non-hydrogen) atoms. The van der Waals surface area contributed by atoms with E-state index in [0.717, 1.165) is 29.3 Å². The first-order chi connectivity index (χ1) is 14.6. The van der Waals surface area contributed by atoms with Crippen LogP contribution in [-0.2, 0) is 30.2 Å². The number of ketones is 2. The molecule has 0 amide bonds. The standard InChI is InChI=1S/C25H20F4O2/c1-16-5-4-6-17(11-16)12-20(30)13-18-9-10-21(22(14-18)25(27,28)29)24(31)15-19-7-2-3-8-23(19)26/h2-11,14H,12-13,15H2,1H3. The van der Waals surface area contributed by atoms with E-state index in [9.17, 15) is 27.2 Å². The van der Waals surface area contributed by atoms with E-state index in [4.69, 9.17) is 0 Å². The van der Waals surface area contributed by atoms with Crippen molar-refractivity contribution in [3.8, 4) is 0 Å². The third-order valence-corrected chi connectivity index (χ3v) is 4.88. The van der Waals surface area contributed by atoms with Crippen molar-refractivity contribution in [1.29, 1.82) is 0 Å². The van der Waals surface area contributed by atoms with Crippen molar-refractivity contribution in [3.63, 3.8) is 0 Å². The maximum atomic E-state index is 13.8. The first-order valence-corrected chi connectivity index (χ1v) is 9.67. The summed E-state index contributed by atoms with van der Waals surface area (Å²) in [5.41, 5.74) is 0.325. The van der Waals surface area contributed by atoms with E-state index in [1.165, 1.54) is 24.3 Å². The molecule has 0 fully saturated rings. The summed E-state index contributed by atoms with van der Waals surface area (Å²) in [5, 5.41) is 0. The third kappa shape index (κ3) is 5.87. The molecule has 160 valence electrons. The van der Waals surface area contributed by atoms with E-state index < -0.39 is 35.3 Å². The Kier molecular flexibility index (Phi) is 6.68. The zero-order valence-corrected chi connectivity index (χ0v) is 16.8. The Morgan fingerprint density at radius 2 is 1.48 bits per heavy atom. The van der Waals surface area contributed by atoms with E-state index in [1.807, 2.05) is 25.1 Å². The summed E-state index contributed by atoms with van der Waals surface area (Å²) in [5.74, 6) is -1.72. The number of carbonyl (C=O) groups excluding carboxylic acids is 2. The van der Waals surface area contributed by atoms with Crippen LogP contribution < -0.4 is 0 Å². The SMILES string of the molecule is Cc1cccc(CC(=O)Cc2ccc(C(=O)Cc3ccccc3F)c(C(F)(F)F)c2)c1. The summed E-state index contributed by atoms with van der Waals surface area (Å²) in [4.78, 5) is 24.9. The molecule has 2 nitrogen and oxygen atoms in total. The zero-order chi connectivity index (χ0) is 22.6. The van der Waals surface area contributed by atoms with E-state index in [1.54, 1.807) is 6.07 Å². The summed E-state index contributed by atoms with van der Waals surface area (Å²) >= 11 is 0. The maximum Gasteiger partial charge on any atom is 0.417 e. The van der Waals surface area contributed by atoms with Crippen molar-refractivity contribution in [3.05, 3.63) is 106 Å². The van der Waals surface area contributed by atoms with Crippen molar-refractivity contribution < 1.29 is 27.2 Å². The van der Waals surface area contributed by atoms with Gasteiger partial charge >= 0.3 is 6.18 Å². The summed E-state index contributed by atoms with van der Waals surface area (Å²) < 4.78 is 54.7. The average molecular weight is 428 g/mol. The molecule has 0 aliphatic heterocycles. The molecule has 0 aliphatic rings. The molecule has 0 atom stereocenters. The van der Waals surface area contributed by atoms with Gasteiger partial charge in [-0.25, -0.2) is 4.39 Å². The predicted octanol–water partition coefficient (Wildman–Crippen LogP) is 5.93. The van der Waals surface area contributed by atoms with Crippen LogP contribution in [-0.4, -0.2) is 11.6 Å². The Labute approximate surface area is 177 Å². The molecule has 0 unspecified atom stereocenters. The normalized spacial score (nSPS) is 11.4. The van der Waals surface area contributed by atoms with Crippen molar-refractivity contribution in [2.75, 3.05) is 0 Å². The third-order valence-electron chi connectivity index (χ3n) is 4.88. The summed E-state index contributed by atoms with van der Waals surface area (Å²) in [6.45, 7) is 1.89. The molecule has 0 N–H and O–H groups in total. The smallest absolute Gasteiger partial charge is 0.299 e. The summed E-state index contributed by atoms with van der Waals surface area (Å²) in [6.07, 6.45) is -5.34. The molecular weight excluding hydrogens is 408 g/mol. The fourth-order valence-corrected chi connectivity index (χ4v) is 3.43. The maximum absolute atomic E-state index is 13.8. The average Bonchev–Trinajstić information content (AvgIpc) is 2.69. The monoisotopic (exact) mass is 428 g/mol. The fourth-order valence-electron chi connectivity index (χ4n) is 3.43. The second kappa shape index (κ2) is 9.25. The molecule has 3 rings (SSSR count). The number of carbonyl (C=O) groups is 2. The number of benzene rings is 3. The highest BCUT2D eigenvalue weighted by atomic mass is 19.4. The number of alkyl halides is 3. The second-order valence-electron chi connectivity index (χ2n) is 7.45. The lowest BCUT2D eigenvalue weighted by atomic mass is 9.94. The first kappa shape index (κ1) is 22.4. The van der Waals surface area contributed by atoms with Crippen LogP contribution in [0.2, 0.25) is 0 Å². The summed E-state index contributed by atoms with van der Waals surface area (Å²) in [7, 11) is 0. The number of rotatable bonds is 7. The van der Waals surface area contributed by atoms with Crippen LogP contribution in [0, 0.1) is 12.7 Å². The molecule has 0 aliphatic carbocycles. The molecule has 0 spiro atoms. The van der Waals surface area contributed by atoms with Gasteiger partial charge < -0.3 is 0 Å². The number of Topliss-reactive ketones (excluding diaryl/α,β-unsaturated/α-hetero) is 2. The van der Waals surface area contributed by atoms with E-state index in [-0.39, 0.29) is 29.8 Å². The van der Waals surface area contributed by atoms with Gasteiger partial charge in [-0.1, -0.05) is 60.2 Å². The zero-order valence-electron chi connectivity index (χ0n) is 16.8. The van der Waals surface area contributed by atoms with Gasteiger partial charge in [0.15, 0.2) is 5.78 Å². The van der Waals surface area contributed by atoms with Crippen LogP contribution in [0.4, 0.5) is 17.6 Å². The Bertz CT molecular complexity index is 1120. The van der Waals surface area contributed by atoms with E-state index in [2.05, 4.69) is 0 Å². The molecule has 3 aromatic carbocycles. The number of aryl methyl sites for hydroxylation is 1. The lowest BCUT2D eigenvalue weighted by molar-refractivity contribution is -0.138. The predicted molar refractivity (Wildman–Crippen MR) is 109 cm³/mol. The lowest BCUT2D eigenvalue weighted by Gasteiger charge is -2.14. The molecule has 0 bridgehead atoms. The molecule has 0 saturated carbocycles. The van der Waals surface area contributed by atoms with Crippen LogP contribution >= 0.6 is 0 Å². The van der Waals surface area contributed by atoms with Crippen molar-refractivity contribution in [2.45, 2.75) is 32.4 Å². The van der Waals surface area contributed by atoms with Gasteiger partial charge in [-0.15, -0.1) is 0 Å². The van der Waals surface area contributed by atoms with Crippen LogP contribution in [0.15, 0.2) is 66.7 Å². The van der Waals surface area contributed by atoms with Crippen molar-refractivity contribution in [2.24, 2.45) is 0 Å². The van der Waals surface area contributed by atoms with Gasteiger partial charge in [0.1, 0.15) is 11.6 Å². The van der Waals surface area contributed by atoms with Gasteiger partial charge in [0.05, 0.1) is 5.56 Å². The van der Waals surface area contributed by atoms with Crippen LogP contribution in [0.5, 0.6) is 0 Å². The molecule has 6 heteroatoms. The molecule has 0 aromatic heterocycles.